The van der Waals surface area contributed by atoms with Gasteiger partial charge in [0.25, 0.3) is 0 Å². The highest BCUT2D eigenvalue weighted by molar-refractivity contribution is 14.0. The van der Waals surface area contributed by atoms with Gasteiger partial charge in [-0.1, -0.05) is 12.8 Å². The number of hydrogen-bond donors (Lipinski definition) is 1. The maximum atomic E-state index is 5.43. The molecule has 0 bridgehead atoms. The highest BCUT2D eigenvalue weighted by atomic mass is 127. The molecule has 5 nitrogen and oxygen atoms in total. The fourth-order valence-electron chi connectivity index (χ4n) is 4.24. The lowest BCUT2D eigenvalue weighted by molar-refractivity contribution is 0.309. The zero-order chi connectivity index (χ0) is 17.9. The Labute approximate surface area is 182 Å². The van der Waals surface area contributed by atoms with Crippen LogP contribution in [0.3, 0.4) is 0 Å². The van der Waals surface area contributed by atoms with Crippen LogP contribution in [0.4, 0.5) is 0 Å². The Hall–Kier alpha value is -0.700. The lowest BCUT2D eigenvalue weighted by atomic mass is 9.86. The summed E-state index contributed by atoms with van der Waals surface area (Å²) in [5, 5.41) is 3.51. The van der Waals surface area contributed by atoms with Crippen molar-refractivity contribution in [1.82, 2.24) is 10.2 Å². The summed E-state index contributed by atoms with van der Waals surface area (Å²) >= 11 is 3.56. The van der Waals surface area contributed by atoms with Crippen LogP contribution in [0.15, 0.2) is 21.6 Å². The molecule has 1 aromatic carbocycles. The van der Waals surface area contributed by atoms with Crippen molar-refractivity contribution in [2.24, 2.45) is 10.4 Å². The molecule has 1 spiro atoms. The Morgan fingerprint density at radius 2 is 1.96 bits per heavy atom. The standard InChI is InChI=1S/C19H28BrN3O2.HI/c1-21-18(23-9-8-19(13-23)6-4-5-7-19)22-12-14-10-15(20)17(25-3)16(11-14)24-2;/h10-11H,4-9,12-13H2,1-3H3,(H,21,22);1H. The van der Waals surface area contributed by atoms with Gasteiger partial charge in [-0.2, -0.15) is 0 Å². The zero-order valence-corrected chi connectivity index (χ0v) is 19.7. The van der Waals surface area contributed by atoms with E-state index in [9.17, 15) is 0 Å². The van der Waals surface area contributed by atoms with E-state index in [-0.39, 0.29) is 24.0 Å². The molecule has 1 aromatic rings. The Bertz CT molecular complexity index is 648. The summed E-state index contributed by atoms with van der Waals surface area (Å²) in [7, 11) is 5.17. The molecule has 1 saturated heterocycles. The van der Waals surface area contributed by atoms with Crippen molar-refractivity contribution < 1.29 is 9.47 Å². The van der Waals surface area contributed by atoms with Gasteiger partial charge in [0.15, 0.2) is 17.5 Å². The molecule has 0 aromatic heterocycles. The molecule has 0 atom stereocenters. The van der Waals surface area contributed by atoms with Crippen LogP contribution in [0.2, 0.25) is 0 Å². The second kappa shape index (κ2) is 9.48. The number of benzene rings is 1. The molecule has 3 rings (SSSR count). The third kappa shape index (κ3) is 4.58. The summed E-state index contributed by atoms with van der Waals surface area (Å²) < 4.78 is 11.7. The SMILES string of the molecule is CN=C(NCc1cc(Br)c(OC)c(OC)c1)N1CCC2(CCCC2)C1.I. The van der Waals surface area contributed by atoms with E-state index in [2.05, 4.69) is 37.2 Å². The topological polar surface area (TPSA) is 46.1 Å². The van der Waals surface area contributed by atoms with Crippen LogP contribution >= 0.6 is 39.9 Å². The Morgan fingerprint density at radius 1 is 1.23 bits per heavy atom. The first-order valence-electron chi connectivity index (χ1n) is 8.97. The van der Waals surface area contributed by atoms with Crippen LogP contribution in [0.5, 0.6) is 11.5 Å². The number of guanidine groups is 1. The summed E-state index contributed by atoms with van der Waals surface area (Å²) in [6, 6.07) is 4.07. The van der Waals surface area contributed by atoms with E-state index in [1.165, 1.54) is 32.1 Å². The van der Waals surface area contributed by atoms with E-state index in [1.54, 1.807) is 14.2 Å². The number of halogens is 2. The summed E-state index contributed by atoms with van der Waals surface area (Å²) in [4.78, 5) is 6.92. The number of rotatable bonds is 4. The van der Waals surface area contributed by atoms with Gasteiger partial charge in [-0.3, -0.25) is 4.99 Å². The van der Waals surface area contributed by atoms with Gasteiger partial charge in [0, 0.05) is 26.7 Å². The number of nitrogens with one attached hydrogen (secondary N) is 1. The number of nitrogens with zero attached hydrogens (tertiary/aromatic N) is 2. The highest BCUT2D eigenvalue weighted by Crippen LogP contribution is 2.45. The van der Waals surface area contributed by atoms with Gasteiger partial charge < -0.3 is 19.7 Å². The molecule has 0 amide bonds. The number of aliphatic imine (C=N–C) groups is 1. The average Bonchev–Trinajstić information content (AvgIpc) is 3.25. The maximum absolute atomic E-state index is 5.43. The predicted octanol–water partition coefficient (Wildman–Crippen LogP) is 4.43. The molecule has 0 radical (unpaired) electrons. The van der Waals surface area contributed by atoms with E-state index in [1.807, 2.05) is 13.1 Å². The molecule has 1 saturated carbocycles. The normalized spacial score (nSPS) is 18.8. The molecule has 2 aliphatic rings. The second-order valence-corrected chi connectivity index (χ2v) is 7.95. The molecule has 1 aliphatic heterocycles. The van der Waals surface area contributed by atoms with Gasteiger partial charge in [-0.15, -0.1) is 24.0 Å². The number of hydrogen-bond acceptors (Lipinski definition) is 3. The third-order valence-corrected chi connectivity index (χ3v) is 6.15. The Morgan fingerprint density at radius 3 is 2.58 bits per heavy atom. The molecule has 7 heteroatoms. The first kappa shape index (κ1) is 21.6. The molecular formula is C19H29BrIN3O2. The van der Waals surface area contributed by atoms with Gasteiger partial charge in [-0.05, 0) is 58.3 Å². The molecule has 1 N–H and O–H groups in total. The molecular weight excluding hydrogens is 509 g/mol. The zero-order valence-electron chi connectivity index (χ0n) is 15.8. The lowest BCUT2D eigenvalue weighted by Gasteiger charge is -2.26. The minimum atomic E-state index is 0. The Kier molecular flexibility index (Phi) is 7.88. The molecule has 26 heavy (non-hydrogen) atoms. The monoisotopic (exact) mass is 537 g/mol. The number of methoxy groups -OCH3 is 2. The minimum Gasteiger partial charge on any atom is -0.493 e. The van der Waals surface area contributed by atoms with Crippen LogP contribution in [-0.2, 0) is 6.54 Å². The number of likely N-dealkylation sites (tertiary alicyclic amines) is 1. The summed E-state index contributed by atoms with van der Waals surface area (Å²) in [5.74, 6) is 2.45. The fraction of sp³-hybridized carbons (Fsp3) is 0.632. The van der Waals surface area contributed by atoms with E-state index in [0.717, 1.165) is 40.6 Å². The average molecular weight is 538 g/mol. The van der Waals surface area contributed by atoms with E-state index >= 15 is 0 Å². The number of ether oxygens (including phenoxy) is 2. The van der Waals surface area contributed by atoms with E-state index in [4.69, 9.17) is 9.47 Å². The van der Waals surface area contributed by atoms with E-state index in [0.29, 0.717) is 12.0 Å². The predicted molar refractivity (Wildman–Crippen MR) is 120 cm³/mol. The molecule has 1 aliphatic carbocycles. The smallest absolute Gasteiger partial charge is 0.193 e. The van der Waals surface area contributed by atoms with Crippen LogP contribution in [-0.4, -0.2) is 45.2 Å². The largest absolute Gasteiger partial charge is 0.493 e. The molecule has 146 valence electrons. The fourth-order valence-corrected chi connectivity index (χ4v) is 4.89. The van der Waals surface area contributed by atoms with E-state index < -0.39 is 0 Å². The maximum Gasteiger partial charge on any atom is 0.193 e. The third-order valence-electron chi connectivity index (χ3n) is 5.56. The quantitative estimate of drug-likeness (QED) is 0.351. The van der Waals surface area contributed by atoms with Gasteiger partial charge in [-0.25, -0.2) is 0 Å². The summed E-state index contributed by atoms with van der Waals surface area (Å²) in [6.07, 6.45) is 6.83. The lowest BCUT2D eigenvalue weighted by Crippen LogP contribution is -2.40. The van der Waals surface area contributed by atoms with Crippen LogP contribution in [0.25, 0.3) is 0 Å². The van der Waals surface area contributed by atoms with Gasteiger partial charge in [0.05, 0.1) is 18.7 Å². The van der Waals surface area contributed by atoms with Crippen LogP contribution in [0.1, 0.15) is 37.7 Å². The minimum absolute atomic E-state index is 0. The van der Waals surface area contributed by atoms with Crippen molar-refractivity contribution in [3.05, 3.63) is 22.2 Å². The summed E-state index contributed by atoms with van der Waals surface area (Å²) in [5.41, 5.74) is 1.67. The van der Waals surface area contributed by atoms with Crippen molar-refractivity contribution in [1.29, 1.82) is 0 Å². The van der Waals surface area contributed by atoms with Gasteiger partial charge in [0.2, 0.25) is 0 Å². The van der Waals surface area contributed by atoms with Gasteiger partial charge in [0.1, 0.15) is 0 Å². The molecule has 1 heterocycles. The first-order valence-corrected chi connectivity index (χ1v) is 9.76. The van der Waals surface area contributed by atoms with Crippen molar-refractivity contribution in [3.8, 4) is 11.5 Å². The van der Waals surface area contributed by atoms with Gasteiger partial charge >= 0.3 is 0 Å². The summed E-state index contributed by atoms with van der Waals surface area (Å²) in [6.45, 7) is 2.95. The van der Waals surface area contributed by atoms with Crippen LogP contribution < -0.4 is 14.8 Å². The Balaban J connectivity index is 0.00000243. The highest BCUT2D eigenvalue weighted by Gasteiger charge is 2.41. The second-order valence-electron chi connectivity index (χ2n) is 7.09. The van der Waals surface area contributed by atoms with Crippen LogP contribution in [0, 0.1) is 5.41 Å². The van der Waals surface area contributed by atoms with Crippen molar-refractivity contribution in [3.63, 3.8) is 0 Å². The first-order chi connectivity index (χ1) is 12.1. The molecule has 0 unspecified atom stereocenters. The van der Waals surface area contributed by atoms with Crippen molar-refractivity contribution in [2.45, 2.75) is 38.6 Å². The molecule has 2 fully saturated rings. The van der Waals surface area contributed by atoms with Crippen molar-refractivity contribution >= 4 is 45.9 Å². The van der Waals surface area contributed by atoms with Crippen molar-refractivity contribution in [2.75, 3.05) is 34.4 Å².